The minimum Gasteiger partial charge on any atom is -0.343 e. The molecule has 1 heterocycles. The van der Waals surface area contributed by atoms with E-state index in [-0.39, 0.29) is 24.1 Å². The van der Waals surface area contributed by atoms with Gasteiger partial charge in [0.2, 0.25) is 11.8 Å². The summed E-state index contributed by atoms with van der Waals surface area (Å²) in [6.07, 6.45) is 0.500. The summed E-state index contributed by atoms with van der Waals surface area (Å²) in [7, 11) is -3.31. The molecule has 7 heteroatoms. The van der Waals surface area contributed by atoms with E-state index in [1.807, 2.05) is 6.92 Å². The molecule has 1 saturated heterocycles. The van der Waals surface area contributed by atoms with Gasteiger partial charge in [0.1, 0.15) is 12.1 Å². The third kappa shape index (κ3) is 3.31. The first-order valence-electron chi connectivity index (χ1n) is 6.84. The van der Waals surface area contributed by atoms with Crippen LogP contribution in [-0.2, 0) is 19.4 Å². The zero-order valence-electron chi connectivity index (χ0n) is 12.8. The lowest BCUT2D eigenvalue weighted by atomic mass is 10.1. The van der Waals surface area contributed by atoms with Gasteiger partial charge in [-0.15, -0.1) is 0 Å². The predicted molar refractivity (Wildman–Crippen MR) is 76.9 cm³/mol. The van der Waals surface area contributed by atoms with E-state index in [9.17, 15) is 18.0 Å². The number of rotatable bonds is 4. The summed E-state index contributed by atoms with van der Waals surface area (Å²) in [4.78, 5) is 25.4. The number of amides is 2. The Morgan fingerprint density at radius 2 is 1.80 bits per heavy atom. The summed E-state index contributed by atoms with van der Waals surface area (Å²) in [6, 6.07) is -1.17. The van der Waals surface area contributed by atoms with E-state index in [1.54, 1.807) is 27.7 Å². The van der Waals surface area contributed by atoms with Crippen molar-refractivity contribution >= 4 is 21.7 Å². The molecule has 20 heavy (non-hydrogen) atoms. The maximum Gasteiger partial charge on any atom is 0.245 e. The number of piperazine rings is 1. The predicted octanol–water partition coefficient (Wildman–Crippen LogP) is 0.325. The minimum atomic E-state index is -3.31. The second kappa shape index (κ2) is 5.71. The summed E-state index contributed by atoms with van der Waals surface area (Å²) >= 11 is 0. The van der Waals surface area contributed by atoms with Crippen LogP contribution >= 0.6 is 0 Å². The van der Waals surface area contributed by atoms with Gasteiger partial charge in [0, 0.05) is 6.54 Å². The SMILES string of the molecule is CCC1NC(=O)C(C)N(CCS(=O)(=O)C(C)(C)C)C1=O. The Hall–Kier alpha value is -1.11. The van der Waals surface area contributed by atoms with Crippen LogP contribution in [0.1, 0.15) is 41.0 Å². The van der Waals surface area contributed by atoms with Crippen LogP contribution in [0, 0.1) is 0 Å². The van der Waals surface area contributed by atoms with Crippen molar-refractivity contribution in [1.82, 2.24) is 10.2 Å². The Bertz CT molecular complexity index is 493. The van der Waals surface area contributed by atoms with E-state index in [0.29, 0.717) is 6.42 Å². The molecule has 1 N–H and O–H groups in total. The lowest BCUT2D eigenvalue weighted by Gasteiger charge is -2.37. The number of carbonyl (C=O) groups excluding carboxylic acids is 2. The summed E-state index contributed by atoms with van der Waals surface area (Å²) in [5, 5.41) is 2.64. The van der Waals surface area contributed by atoms with Crippen LogP contribution in [0.15, 0.2) is 0 Å². The fraction of sp³-hybridized carbons (Fsp3) is 0.846. The van der Waals surface area contributed by atoms with Crippen LogP contribution in [-0.4, -0.2) is 54.3 Å². The third-order valence-electron chi connectivity index (χ3n) is 3.69. The fourth-order valence-electron chi connectivity index (χ4n) is 1.99. The van der Waals surface area contributed by atoms with Gasteiger partial charge in [-0.3, -0.25) is 9.59 Å². The molecule has 116 valence electrons. The van der Waals surface area contributed by atoms with Crippen LogP contribution in [0.4, 0.5) is 0 Å². The first kappa shape index (κ1) is 16.9. The number of sulfone groups is 1. The molecule has 0 aromatic rings. The molecule has 0 saturated carbocycles. The van der Waals surface area contributed by atoms with E-state index in [1.165, 1.54) is 4.90 Å². The average Bonchev–Trinajstić information content (AvgIpc) is 2.32. The van der Waals surface area contributed by atoms with Gasteiger partial charge in [0.15, 0.2) is 9.84 Å². The summed E-state index contributed by atoms with van der Waals surface area (Å²) in [6.45, 7) is 8.37. The standard InChI is InChI=1S/C13H24N2O4S/c1-6-10-12(17)15(9(2)11(16)14-10)7-8-20(18,19)13(3,4)5/h9-10H,6-8H2,1-5H3,(H,14,16). The molecule has 6 nitrogen and oxygen atoms in total. The van der Waals surface area contributed by atoms with E-state index < -0.39 is 26.7 Å². The largest absolute Gasteiger partial charge is 0.343 e. The molecule has 0 aromatic heterocycles. The third-order valence-corrected chi connectivity index (χ3v) is 6.27. The summed E-state index contributed by atoms with van der Waals surface area (Å²) in [5.74, 6) is -0.565. The van der Waals surface area contributed by atoms with Crippen molar-refractivity contribution < 1.29 is 18.0 Å². The molecule has 1 fully saturated rings. The lowest BCUT2D eigenvalue weighted by Crippen LogP contribution is -2.63. The molecule has 1 aliphatic rings. The van der Waals surface area contributed by atoms with Gasteiger partial charge < -0.3 is 10.2 Å². The zero-order valence-corrected chi connectivity index (χ0v) is 13.6. The molecule has 0 bridgehead atoms. The van der Waals surface area contributed by atoms with Gasteiger partial charge in [-0.05, 0) is 34.1 Å². The van der Waals surface area contributed by atoms with Gasteiger partial charge in [0.25, 0.3) is 0 Å². The normalized spacial score (nSPS) is 24.8. The van der Waals surface area contributed by atoms with Crippen molar-refractivity contribution in [3.05, 3.63) is 0 Å². The number of carbonyl (C=O) groups is 2. The summed E-state index contributed by atoms with van der Waals surface area (Å²) in [5.41, 5.74) is 0. The quantitative estimate of drug-likeness (QED) is 0.811. The average molecular weight is 304 g/mol. The van der Waals surface area contributed by atoms with Crippen molar-refractivity contribution in [2.24, 2.45) is 0 Å². The number of hydrogen-bond donors (Lipinski definition) is 1. The first-order chi connectivity index (χ1) is 9.01. The van der Waals surface area contributed by atoms with Crippen LogP contribution in [0.2, 0.25) is 0 Å². The smallest absolute Gasteiger partial charge is 0.245 e. The van der Waals surface area contributed by atoms with E-state index in [4.69, 9.17) is 0 Å². The van der Waals surface area contributed by atoms with Crippen LogP contribution in [0.5, 0.6) is 0 Å². The lowest BCUT2D eigenvalue weighted by molar-refractivity contribution is -0.148. The van der Waals surface area contributed by atoms with Crippen molar-refractivity contribution in [3.8, 4) is 0 Å². The molecule has 0 aliphatic carbocycles. The molecule has 0 radical (unpaired) electrons. The molecular weight excluding hydrogens is 280 g/mol. The van der Waals surface area contributed by atoms with Gasteiger partial charge in [0.05, 0.1) is 10.5 Å². The van der Waals surface area contributed by atoms with Crippen molar-refractivity contribution in [1.29, 1.82) is 0 Å². The van der Waals surface area contributed by atoms with Crippen molar-refractivity contribution in [2.45, 2.75) is 57.9 Å². The first-order valence-corrected chi connectivity index (χ1v) is 8.49. The monoisotopic (exact) mass is 304 g/mol. The van der Waals surface area contributed by atoms with Crippen LogP contribution in [0.25, 0.3) is 0 Å². The number of nitrogens with zero attached hydrogens (tertiary/aromatic N) is 1. The highest BCUT2D eigenvalue weighted by molar-refractivity contribution is 7.92. The summed E-state index contributed by atoms with van der Waals surface area (Å²) < 4.78 is 23.3. The van der Waals surface area contributed by atoms with E-state index >= 15 is 0 Å². The maximum absolute atomic E-state index is 12.2. The van der Waals surface area contributed by atoms with E-state index in [0.717, 1.165) is 0 Å². The van der Waals surface area contributed by atoms with Gasteiger partial charge in [-0.2, -0.15) is 0 Å². The van der Waals surface area contributed by atoms with E-state index in [2.05, 4.69) is 5.32 Å². The fourth-order valence-corrected chi connectivity index (χ4v) is 3.04. The second-order valence-electron chi connectivity index (χ2n) is 6.11. The molecule has 2 amide bonds. The molecule has 0 aromatic carbocycles. The molecule has 0 spiro atoms. The van der Waals surface area contributed by atoms with Gasteiger partial charge in [-0.25, -0.2) is 8.42 Å². The Balaban J connectivity index is 2.85. The Labute approximate surface area is 120 Å². The molecule has 2 atom stereocenters. The maximum atomic E-state index is 12.2. The molecule has 2 unspecified atom stereocenters. The Kier molecular flexibility index (Phi) is 4.84. The number of hydrogen-bond acceptors (Lipinski definition) is 4. The topological polar surface area (TPSA) is 83.6 Å². The van der Waals surface area contributed by atoms with Gasteiger partial charge >= 0.3 is 0 Å². The highest BCUT2D eigenvalue weighted by Gasteiger charge is 2.38. The highest BCUT2D eigenvalue weighted by Crippen LogP contribution is 2.18. The van der Waals surface area contributed by atoms with Crippen LogP contribution in [0.3, 0.4) is 0 Å². The molecule has 1 rings (SSSR count). The zero-order chi connectivity index (χ0) is 15.7. The number of nitrogens with one attached hydrogen (secondary N) is 1. The molecular formula is C13H24N2O4S. The minimum absolute atomic E-state index is 0.0591. The van der Waals surface area contributed by atoms with Crippen molar-refractivity contribution in [3.63, 3.8) is 0 Å². The van der Waals surface area contributed by atoms with Crippen molar-refractivity contribution in [2.75, 3.05) is 12.3 Å². The molecule has 1 aliphatic heterocycles. The van der Waals surface area contributed by atoms with Crippen LogP contribution < -0.4 is 5.32 Å². The van der Waals surface area contributed by atoms with Gasteiger partial charge in [-0.1, -0.05) is 6.92 Å². The highest BCUT2D eigenvalue weighted by atomic mass is 32.2. The second-order valence-corrected chi connectivity index (χ2v) is 8.97. The Morgan fingerprint density at radius 1 is 1.25 bits per heavy atom. The Morgan fingerprint density at radius 3 is 2.25 bits per heavy atom.